The standard InChI is InChI=1S/C28H28N4O2/c1-34-23-10-8-21(9-11-23)12-14-31-15-17-32(18-16-31)28(33)25-19-27(22-5-4-13-29-20-22)30-26-7-3-2-6-24(25)26/h2-11,13,19-20H,12,14-18H2,1H3. The van der Waals surface area contributed by atoms with Crippen molar-refractivity contribution in [1.29, 1.82) is 0 Å². The van der Waals surface area contributed by atoms with Crippen LogP contribution in [0.4, 0.5) is 0 Å². The Kier molecular flexibility index (Phi) is 6.49. The molecule has 0 aliphatic carbocycles. The Hall–Kier alpha value is -3.77. The number of methoxy groups -OCH3 is 1. The van der Waals surface area contributed by atoms with Gasteiger partial charge < -0.3 is 9.64 Å². The summed E-state index contributed by atoms with van der Waals surface area (Å²) in [5.41, 5.74) is 4.51. The van der Waals surface area contributed by atoms with Gasteiger partial charge in [0.2, 0.25) is 0 Å². The van der Waals surface area contributed by atoms with Crippen LogP contribution in [-0.2, 0) is 6.42 Å². The minimum absolute atomic E-state index is 0.0681. The second-order valence-electron chi connectivity index (χ2n) is 8.55. The molecule has 1 saturated heterocycles. The highest BCUT2D eigenvalue weighted by Gasteiger charge is 2.24. The minimum Gasteiger partial charge on any atom is -0.497 e. The smallest absolute Gasteiger partial charge is 0.254 e. The summed E-state index contributed by atoms with van der Waals surface area (Å²) in [6.45, 7) is 4.18. The van der Waals surface area contributed by atoms with Crippen LogP contribution in [0.15, 0.2) is 79.1 Å². The number of para-hydroxylation sites is 1. The number of piperazine rings is 1. The Bertz CT molecular complexity index is 1270. The van der Waals surface area contributed by atoms with Gasteiger partial charge in [-0.2, -0.15) is 0 Å². The number of nitrogens with zero attached hydrogens (tertiary/aromatic N) is 4. The molecule has 5 rings (SSSR count). The lowest BCUT2D eigenvalue weighted by Crippen LogP contribution is -2.49. The van der Waals surface area contributed by atoms with Crippen molar-refractivity contribution in [1.82, 2.24) is 19.8 Å². The molecule has 0 saturated carbocycles. The van der Waals surface area contributed by atoms with Crippen LogP contribution >= 0.6 is 0 Å². The summed E-state index contributed by atoms with van der Waals surface area (Å²) in [7, 11) is 1.68. The van der Waals surface area contributed by atoms with Gasteiger partial charge in [-0.15, -0.1) is 0 Å². The molecule has 1 aliphatic heterocycles. The maximum Gasteiger partial charge on any atom is 0.254 e. The highest BCUT2D eigenvalue weighted by Crippen LogP contribution is 2.26. The zero-order valence-electron chi connectivity index (χ0n) is 19.4. The number of carbonyl (C=O) groups is 1. The normalized spacial score (nSPS) is 14.3. The fraction of sp³-hybridized carbons (Fsp3) is 0.250. The number of hydrogen-bond donors (Lipinski definition) is 0. The van der Waals surface area contributed by atoms with Crippen LogP contribution in [0.5, 0.6) is 5.75 Å². The van der Waals surface area contributed by atoms with E-state index in [4.69, 9.17) is 9.72 Å². The monoisotopic (exact) mass is 452 g/mol. The molecule has 1 aliphatic rings. The molecule has 0 N–H and O–H groups in total. The molecule has 0 bridgehead atoms. The van der Waals surface area contributed by atoms with Gasteiger partial charge in [-0.3, -0.25) is 14.7 Å². The highest BCUT2D eigenvalue weighted by molar-refractivity contribution is 6.07. The van der Waals surface area contributed by atoms with Crippen LogP contribution in [0.3, 0.4) is 0 Å². The van der Waals surface area contributed by atoms with Gasteiger partial charge in [0, 0.05) is 56.1 Å². The Morgan fingerprint density at radius 2 is 1.76 bits per heavy atom. The number of fused-ring (bicyclic) bond motifs is 1. The molecule has 34 heavy (non-hydrogen) atoms. The zero-order valence-corrected chi connectivity index (χ0v) is 19.4. The van der Waals surface area contributed by atoms with E-state index in [1.165, 1.54) is 5.56 Å². The quantitative estimate of drug-likeness (QED) is 0.436. The van der Waals surface area contributed by atoms with Crippen molar-refractivity contribution in [3.8, 4) is 17.0 Å². The number of ether oxygens (including phenoxy) is 1. The molecule has 2 aromatic heterocycles. The van der Waals surface area contributed by atoms with E-state index in [2.05, 4.69) is 22.0 Å². The average Bonchev–Trinajstić information content (AvgIpc) is 2.92. The Labute approximate surface area is 199 Å². The largest absolute Gasteiger partial charge is 0.497 e. The van der Waals surface area contributed by atoms with E-state index < -0.39 is 0 Å². The van der Waals surface area contributed by atoms with Crippen molar-refractivity contribution < 1.29 is 9.53 Å². The van der Waals surface area contributed by atoms with E-state index in [1.54, 1.807) is 19.5 Å². The van der Waals surface area contributed by atoms with Crippen LogP contribution < -0.4 is 4.74 Å². The van der Waals surface area contributed by atoms with E-state index in [9.17, 15) is 4.79 Å². The first-order valence-corrected chi connectivity index (χ1v) is 11.7. The summed E-state index contributed by atoms with van der Waals surface area (Å²) < 4.78 is 5.24. The maximum absolute atomic E-state index is 13.6. The van der Waals surface area contributed by atoms with Crippen molar-refractivity contribution >= 4 is 16.8 Å². The molecular formula is C28H28N4O2. The van der Waals surface area contributed by atoms with Crippen molar-refractivity contribution in [3.63, 3.8) is 0 Å². The second-order valence-corrected chi connectivity index (χ2v) is 8.55. The van der Waals surface area contributed by atoms with Crippen molar-refractivity contribution in [2.75, 3.05) is 39.8 Å². The molecule has 2 aromatic carbocycles. The molecule has 1 amide bonds. The van der Waals surface area contributed by atoms with E-state index in [1.807, 2.05) is 59.5 Å². The lowest BCUT2D eigenvalue weighted by Gasteiger charge is -2.35. The first kappa shape index (κ1) is 22.0. The SMILES string of the molecule is COc1ccc(CCN2CCN(C(=O)c3cc(-c4cccnc4)nc4ccccc34)CC2)cc1. The predicted molar refractivity (Wildman–Crippen MR) is 134 cm³/mol. The minimum atomic E-state index is 0.0681. The number of aromatic nitrogens is 2. The summed E-state index contributed by atoms with van der Waals surface area (Å²) >= 11 is 0. The lowest BCUT2D eigenvalue weighted by molar-refractivity contribution is 0.0640. The topological polar surface area (TPSA) is 58.6 Å². The lowest BCUT2D eigenvalue weighted by atomic mass is 10.0. The summed E-state index contributed by atoms with van der Waals surface area (Å²) in [5.74, 6) is 0.949. The predicted octanol–water partition coefficient (Wildman–Crippen LogP) is 4.31. The van der Waals surface area contributed by atoms with Crippen LogP contribution in [0, 0.1) is 0 Å². The van der Waals surface area contributed by atoms with Gasteiger partial charge in [0.25, 0.3) is 5.91 Å². The molecule has 0 spiro atoms. The molecule has 0 atom stereocenters. The number of carbonyl (C=O) groups excluding carboxylic acids is 1. The fourth-order valence-corrected chi connectivity index (χ4v) is 4.44. The van der Waals surface area contributed by atoms with Crippen molar-refractivity contribution in [2.24, 2.45) is 0 Å². The van der Waals surface area contributed by atoms with Gasteiger partial charge in [-0.25, -0.2) is 4.98 Å². The van der Waals surface area contributed by atoms with Gasteiger partial charge in [0.1, 0.15) is 5.75 Å². The third kappa shape index (κ3) is 4.77. The van der Waals surface area contributed by atoms with E-state index in [0.717, 1.165) is 67.1 Å². The van der Waals surface area contributed by atoms with Gasteiger partial charge in [-0.05, 0) is 48.4 Å². The van der Waals surface area contributed by atoms with Gasteiger partial charge >= 0.3 is 0 Å². The van der Waals surface area contributed by atoms with Crippen LogP contribution in [0.25, 0.3) is 22.2 Å². The number of amides is 1. The molecule has 0 radical (unpaired) electrons. The van der Waals surface area contributed by atoms with Gasteiger partial charge in [0.15, 0.2) is 0 Å². The Morgan fingerprint density at radius 3 is 2.50 bits per heavy atom. The molecule has 4 aromatic rings. The Morgan fingerprint density at radius 1 is 0.971 bits per heavy atom. The first-order chi connectivity index (χ1) is 16.7. The highest BCUT2D eigenvalue weighted by atomic mass is 16.5. The molecule has 1 fully saturated rings. The summed E-state index contributed by atoms with van der Waals surface area (Å²) in [6.07, 6.45) is 4.51. The average molecular weight is 453 g/mol. The summed E-state index contributed by atoms with van der Waals surface area (Å²) in [6, 6.07) is 21.9. The van der Waals surface area contributed by atoms with Gasteiger partial charge in [-0.1, -0.05) is 30.3 Å². The first-order valence-electron chi connectivity index (χ1n) is 11.7. The maximum atomic E-state index is 13.6. The van der Waals surface area contributed by atoms with Crippen molar-refractivity contribution in [3.05, 3.63) is 90.3 Å². The number of benzene rings is 2. The third-order valence-electron chi connectivity index (χ3n) is 6.44. The van der Waals surface area contributed by atoms with E-state index >= 15 is 0 Å². The zero-order chi connectivity index (χ0) is 23.3. The van der Waals surface area contributed by atoms with Crippen LogP contribution in [0.2, 0.25) is 0 Å². The van der Waals surface area contributed by atoms with E-state index in [-0.39, 0.29) is 5.91 Å². The number of rotatable bonds is 6. The molecule has 6 nitrogen and oxygen atoms in total. The molecular weight excluding hydrogens is 424 g/mol. The van der Waals surface area contributed by atoms with Crippen LogP contribution in [0.1, 0.15) is 15.9 Å². The molecule has 172 valence electrons. The second kappa shape index (κ2) is 10.0. The number of hydrogen-bond acceptors (Lipinski definition) is 5. The van der Waals surface area contributed by atoms with Gasteiger partial charge in [0.05, 0.1) is 23.9 Å². The molecule has 3 heterocycles. The van der Waals surface area contributed by atoms with Crippen molar-refractivity contribution in [2.45, 2.75) is 6.42 Å². The molecule has 0 unspecified atom stereocenters. The van der Waals surface area contributed by atoms with E-state index in [0.29, 0.717) is 5.56 Å². The summed E-state index contributed by atoms with van der Waals surface area (Å²) in [4.78, 5) is 27.0. The summed E-state index contributed by atoms with van der Waals surface area (Å²) in [5, 5.41) is 0.891. The molecule has 6 heteroatoms. The fourth-order valence-electron chi connectivity index (χ4n) is 4.44. The Balaban J connectivity index is 1.28. The van der Waals surface area contributed by atoms with Crippen LogP contribution in [-0.4, -0.2) is 65.5 Å². The third-order valence-corrected chi connectivity index (χ3v) is 6.44. The number of pyridine rings is 2.